The molecule has 6 heteroatoms. The summed E-state index contributed by atoms with van der Waals surface area (Å²) >= 11 is 0. The first-order valence-electron chi connectivity index (χ1n) is 7.17. The molecule has 0 fully saturated rings. The van der Waals surface area contributed by atoms with Gasteiger partial charge in [0.1, 0.15) is 5.82 Å². The molecule has 112 valence electrons. The number of hydrogen-bond acceptors (Lipinski definition) is 4. The lowest BCUT2D eigenvalue weighted by atomic mass is 10.1. The monoisotopic (exact) mass is 297 g/mol. The van der Waals surface area contributed by atoms with E-state index in [9.17, 15) is 14.9 Å². The minimum absolute atomic E-state index is 0.0223. The van der Waals surface area contributed by atoms with Crippen LogP contribution in [0.1, 0.15) is 28.8 Å². The minimum atomic E-state index is -0.475. The van der Waals surface area contributed by atoms with Crippen molar-refractivity contribution in [1.82, 2.24) is 4.98 Å². The average Bonchev–Trinajstić information content (AvgIpc) is 2.76. The molecular weight excluding hydrogens is 282 g/mol. The van der Waals surface area contributed by atoms with Gasteiger partial charge in [-0.3, -0.25) is 19.8 Å². The molecule has 1 aromatic heterocycles. The van der Waals surface area contributed by atoms with Crippen LogP contribution in [0.15, 0.2) is 42.6 Å². The van der Waals surface area contributed by atoms with Gasteiger partial charge in [0, 0.05) is 30.4 Å². The second-order valence-corrected chi connectivity index (χ2v) is 5.20. The summed E-state index contributed by atoms with van der Waals surface area (Å²) in [4.78, 5) is 29.0. The van der Waals surface area contributed by atoms with Crippen molar-refractivity contribution in [2.75, 3.05) is 11.4 Å². The zero-order valence-electron chi connectivity index (χ0n) is 11.9. The van der Waals surface area contributed by atoms with Crippen molar-refractivity contribution in [3.05, 3.63) is 63.8 Å². The van der Waals surface area contributed by atoms with Gasteiger partial charge in [-0.15, -0.1) is 0 Å². The number of aromatic nitrogens is 1. The van der Waals surface area contributed by atoms with E-state index in [4.69, 9.17) is 0 Å². The Morgan fingerprint density at radius 2 is 1.95 bits per heavy atom. The summed E-state index contributed by atoms with van der Waals surface area (Å²) in [6, 6.07) is 9.55. The third-order valence-corrected chi connectivity index (χ3v) is 3.77. The summed E-state index contributed by atoms with van der Waals surface area (Å²) in [5.74, 6) is 0.528. The van der Waals surface area contributed by atoms with Crippen molar-refractivity contribution in [3.8, 4) is 0 Å². The summed E-state index contributed by atoms with van der Waals surface area (Å²) in [5, 5.41) is 10.7. The van der Waals surface area contributed by atoms with Crippen LogP contribution in [0.3, 0.4) is 0 Å². The van der Waals surface area contributed by atoms with Crippen LogP contribution in [0.5, 0.6) is 0 Å². The van der Waals surface area contributed by atoms with E-state index < -0.39 is 4.92 Å². The summed E-state index contributed by atoms with van der Waals surface area (Å²) in [6.07, 6.45) is 4.52. The number of carbonyl (C=O) groups excluding carboxylic acids is 1. The topological polar surface area (TPSA) is 76.3 Å². The molecule has 0 unspecified atom stereocenters. The van der Waals surface area contributed by atoms with Crippen LogP contribution in [0.2, 0.25) is 0 Å². The molecule has 0 saturated heterocycles. The predicted molar refractivity (Wildman–Crippen MR) is 81.9 cm³/mol. The van der Waals surface area contributed by atoms with Crippen molar-refractivity contribution in [3.63, 3.8) is 0 Å². The zero-order valence-corrected chi connectivity index (χ0v) is 11.9. The highest BCUT2D eigenvalue weighted by Gasteiger charge is 2.23. The lowest BCUT2D eigenvalue weighted by Crippen LogP contribution is -2.32. The minimum Gasteiger partial charge on any atom is -0.292 e. The Hall–Kier alpha value is -2.76. The van der Waals surface area contributed by atoms with Crippen LogP contribution in [0, 0.1) is 10.1 Å². The van der Waals surface area contributed by atoms with E-state index in [1.54, 1.807) is 11.1 Å². The van der Waals surface area contributed by atoms with E-state index in [-0.39, 0.29) is 11.6 Å². The van der Waals surface area contributed by atoms with Gasteiger partial charge in [-0.1, -0.05) is 6.07 Å². The zero-order chi connectivity index (χ0) is 15.5. The molecule has 1 amide bonds. The average molecular weight is 297 g/mol. The van der Waals surface area contributed by atoms with E-state index in [0.717, 1.165) is 24.8 Å². The summed E-state index contributed by atoms with van der Waals surface area (Å²) < 4.78 is 0. The molecule has 3 rings (SSSR count). The number of nitro benzene ring substituents is 1. The van der Waals surface area contributed by atoms with Gasteiger partial charge >= 0.3 is 0 Å². The molecule has 0 radical (unpaired) electrons. The molecule has 0 saturated carbocycles. The Morgan fingerprint density at radius 1 is 1.18 bits per heavy atom. The van der Waals surface area contributed by atoms with Gasteiger partial charge in [-0.05, 0) is 43.0 Å². The smallest absolute Gasteiger partial charge is 0.269 e. The van der Waals surface area contributed by atoms with Gasteiger partial charge < -0.3 is 0 Å². The van der Waals surface area contributed by atoms with Crippen LogP contribution >= 0.6 is 0 Å². The van der Waals surface area contributed by atoms with E-state index >= 15 is 0 Å². The number of rotatable bonds is 2. The third kappa shape index (κ3) is 2.67. The Morgan fingerprint density at radius 3 is 2.68 bits per heavy atom. The quantitative estimate of drug-likeness (QED) is 0.630. The van der Waals surface area contributed by atoms with E-state index in [0.29, 0.717) is 17.9 Å². The summed E-state index contributed by atoms with van der Waals surface area (Å²) in [7, 11) is 0. The highest BCUT2D eigenvalue weighted by molar-refractivity contribution is 6.06. The molecule has 2 aromatic rings. The summed E-state index contributed by atoms with van der Waals surface area (Å²) in [5.41, 5.74) is 1.48. The number of benzene rings is 1. The molecule has 1 aliphatic rings. The molecule has 22 heavy (non-hydrogen) atoms. The van der Waals surface area contributed by atoms with Crippen molar-refractivity contribution in [2.24, 2.45) is 0 Å². The van der Waals surface area contributed by atoms with Crippen LogP contribution in [-0.4, -0.2) is 22.4 Å². The maximum atomic E-state index is 12.7. The molecular formula is C16H15N3O3. The molecule has 0 spiro atoms. The Balaban J connectivity index is 1.93. The molecule has 0 atom stereocenters. The number of amides is 1. The predicted octanol–water partition coefficient (Wildman–Crippen LogP) is 2.97. The largest absolute Gasteiger partial charge is 0.292 e. The second-order valence-electron chi connectivity index (χ2n) is 5.20. The molecule has 0 bridgehead atoms. The fraction of sp³-hybridized carbons (Fsp3) is 0.250. The molecule has 0 aliphatic carbocycles. The van der Waals surface area contributed by atoms with Crippen LogP contribution in [-0.2, 0) is 6.42 Å². The van der Waals surface area contributed by atoms with Gasteiger partial charge in [-0.25, -0.2) is 4.98 Å². The van der Waals surface area contributed by atoms with Crippen LogP contribution in [0.25, 0.3) is 0 Å². The van der Waals surface area contributed by atoms with Crippen molar-refractivity contribution in [1.29, 1.82) is 0 Å². The SMILES string of the molecule is O=C(c1ccc([N+](=O)[O-])cc1)N1CCCCc2cccnc21. The fourth-order valence-corrected chi connectivity index (χ4v) is 2.64. The van der Waals surface area contributed by atoms with Gasteiger partial charge in [0.15, 0.2) is 0 Å². The normalized spacial score (nSPS) is 14.1. The number of carbonyl (C=O) groups is 1. The standard InChI is InChI=1S/C16H15N3O3/c20-16(13-6-8-14(9-7-13)19(21)22)18-11-2-1-4-12-5-3-10-17-15(12)18/h3,5-10H,1-2,4,11H2. The highest BCUT2D eigenvalue weighted by atomic mass is 16.6. The molecule has 1 aliphatic heterocycles. The molecule has 2 heterocycles. The summed E-state index contributed by atoms with van der Waals surface area (Å²) in [6.45, 7) is 0.611. The van der Waals surface area contributed by atoms with Crippen molar-refractivity contribution >= 4 is 17.4 Å². The number of fused-ring (bicyclic) bond motifs is 1. The van der Waals surface area contributed by atoms with E-state index in [1.165, 1.54) is 24.3 Å². The number of nitrogens with zero attached hydrogens (tertiary/aromatic N) is 3. The van der Waals surface area contributed by atoms with E-state index in [2.05, 4.69) is 4.98 Å². The van der Waals surface area contributed by atoms with Gasteiger partial charge in [-0.2, -0.15) is 0 Å². The van der Waals surface area contributed by atoms with Crippen LogP contribution in [0.4, 0.5) is 11.5 Å². The number of non-ortho nitro benzene ring substituents is 1. The van der Waals surface area contributed by atoms with Crippen molar-refractivity contribution < 1.29 is 9.72 Å². The lowest BCUT2D eigenvalue weighted by Gasteiger charge is -2.21. The molecule has 6 nitrogen and oxygen atoms in total. The maximum absolute atomic E-state index is 12.7. The fourth-order valence-electron chi connectivity index (χ4n) is 2.64. The Kier molecular flexibility index (Phi) is 3.82. The second kappa shape index (κ2) is 5.93. The van der Waals surface area contributed by atoms with Gasteiger partial charge in [0.2, 0.25) is 0 Å². The first-order valence-corrected chi connectivity index (χ1v) is 7.17. The van der Waals surface area contributed by atoms with E-state index in [1.807, 2.05) is 12.1 Å². The first-order chi connectivity index (χ1) is 10.7. The number of hydrogen-bond donors (Lipinski definition) is 0. The van der Waals surface area contributed by atoms with Gasteiger partial charge in [0.25, 0.3) is 11.6 Å². The van der Waals surface area contributed by atoms with Crippen LogP contribution < -0.4 is 4.90 Å². The number of nitro groups is 1. The van der Waals surface area contributed by atoms with Gasteiger partial charge in [0.05, 0.1) is 4.92 Å². The molecule has 0 N–H and O–H groups in total. The van der Waals surface area contributed by atoms with Crippen molar-refractivity contribution in [2.45, 2.75) is 19.3 Å². The first kappa shape index (κ1) is 14.2. The number of anilines is 1. The Bertz CT molecular complexity index is 713. The Labute approximate surface area is 127 Å². The lowest BCUT2D eigenvalue weighted by molar-refractivity contribution is -0.384. The third-order valence-electron chi connectivity index (χ3n) is 3.77. The molecule has 1 aromatic carbocycles. The number of pyridine rings is 1. The highest BCUT2D eigenvalue weighted by Crippen LogP contribution is 2.25. The maximum Gasteiger partial charge on any atom is 0.269 e. The number of aryl methyl sites for hydroxylation is 1.